The predicted molar refractivity (Wildman–Crippen MR) is 81.2 cm³/mol. The highest BCUT2D eigenvalue weighted by Gasteiger charge is 2.12. The number of azo groups is 1. The Labute approximate surface area is 122 Å². The molecule has 2 heterocycles. The maximum absolute atomic E-state index is 4.49. The lowest BCUT2D eigenvalue weighted by Crippen LogP contribution is -2.05. The molecule has 4 heteroatoms. The summed E-state index contributed by atoms with van der Waals surface area (Å²) in [6.45, 7) is 0.838. The SMILES string of the molecule is c1ccc(Cn2ccnc2Cc2ccc3cc2N=N3)cc1. The van der Waals surface area contributed by atoms with Crippen LogP contribution in [0.1, 0.15) is 17.0 Å². The van der Waals surface area contributed by atoms with Crippen molar-refractivity contribution in [2.24, 2.45) is 10.2 Å². The van der Waals surface area contributed by atoms with Crippen LogP contribution in [0, 0.1) is 0 Å². The van der Waals surface area contributed by atoms with Gasteiger partial charge in [-0.2, -0.15) is 10.2 Å². The van der Waals surface area contributed by atoms with Crippen molar-refractivity contribution >= 4 is 11.4 Å². The number of benzene rings is 2. The predicted octanol–water partition coefficient (Wildman–Crippen LogP) is 4.25. The molecule has 0 unspecified atom stereocenters. The van der Waals surface area contributed by atoms with Crippen LogP contribution in [0.2, 0.25) is 0 Å². The first-order valence-corrected chi connectivity index (χ1v) is 6.97. The summed E-state index contributed by atoms with van der Waals surface area (Å²) >= 11 is 0. The van der Waals surface area contributed by atoms with Gasteiger partial charge >= 0.3 is 0 Å². The number of aromatic nitrogens is 2. The Morgan fingerprint density at radius 3 is 2.76 bits per heavy atom. The standard InChI is InChI=1S/C17H14N4/c1-2-4-13(5-3-1)12-21-9-8-18-17(21)10-14-6-7-15-11-16(14)20-19-15/h1-9,11H,10,12H2. The van der Waals surface area contributed by atoms with Gasteiger partial charge in [-0.3, -0.25) is 0 Å². The third kappa shape index (κ3) is 2.36. The quantitative estimate of drug-likeness (QED) is 0.548. The van der Waals surface area contributed by atoms with Crippen molar-refractivity contribution in [3.63, 3.8) is 0 Å². The zero-order chi connectivity index (χ0) is 14.1. The highest BCUT2D eigenvalue weighted by atomic mass is 15.1. The van der Waals surface area contributed by atoms with E-state index >= 15 is 0 Å². The zero-order valence-corrected chi connectivity index (χ0v) is 11.5. The van der Waals surface area contributed by atoms with Gasteiger partial charge in [-0.25, -0.2) is 4.98 Å². The largest absolute Gasteiger partial charge is 0.330 e. The number of rotatable bonds is 4. The summed E-state index contributed by atoms with van der Waals surface area (Å²) in [6.07, 6.45) is 4.65. The molecule has 1 aliphatic heterocycles. The second kappa shape index (κ2) is 4.98. The van der Waals surface area contributed by atoms with Crippen LogP contribution in [-0.4, -0.2) is 9.55 Å². The topological polar surface area (TPSA) is 42.5 Å². The van der Waals surface area contributed by atoms with Crippen LogP contribution >= 0.6 is 0 Å². The Morgan fingerprint density at radius 2 is 1.86 bits per heavy atom. The van der Waals surface area contributed by atoms with Gasteiger partial charge < -0.3 is 4.57 Å². The van der Waals surface area contributed by atoms with Crippen molar-refractivity contribution in [3.05, 3.63) is 77.9 Å². The van der Waals surface area contributed by atoms with Gasteiger partial charge in [-0.05, 0) is 23.3 Å². The molecule has 0 radical (unpaired) electrons. The minimum absolute atomic E-state index is 0.772. The maximum Gasteiger partial charge on any atom is 0.113 e. The van der Waals surface area contributed by atoms with E-state index in [2.05, 4.69) is 50.1 Å². The monoisotopic (exact) mass is 274 g/mol. The lowest BCUT2D eigenvalue weighted by Gasteiger charge is -2.08. The van der Waals surface area contributed by atoms with E-state index in [-0.39, 0.29) is 0 Å². The van der Waals surface area contributed by atoms with Crippen LogP contribution in [0.25, 0.3) is 0 Å². The molecule has 0 spiro atoms. The molecule has 2 bridgehead atoms. The molecule has 0 atom stereocenters. The third-order valence-electron chi connectivity index (χ3n) is 3.69. The first-order chi connectivity index (χ1) is 10.4. The Morgan fingerprint density at radius 1 is 0.952 bits per heavy atom. The minimum Gasteiger partial charge on any atom is -0.330 e. The van der Waals surface area contributed by atoms with Crippen LogP contribution in [-0.2, 0) is 13.0 Å². The molecule has 0 fully saturated rings. The molecular weight excluding hydrogens is 260 g/mol. The molecule has 3 aromatic rings. The van der Waals surface area contributed by atoms with Crippen molar-refractivity contribution in [2.45, 2.75) is 13.0 Å². The van der Waals surface area contributed by atoms with E-state index < -0.39 is 0 Å². The van der Waals surface area contributed by atoms with E-state index in [4.69, 9.17) is 0 Å². The average Bonchev–Trinajstić information content (AvgIpc) is 3.11. The second-order valence-electron chi connectivity index (χ2n) is 5.15. The lowest BCUT2D eigenvalue weighted by molar-refractivity contribution is 0.741. The highest BCUT2D eigenvalue weighted by Crippen LogP contribution is 2.33. The molecule has 0 aliphatic carbocycles. The smallest absolute Gasteiger partial charge is 0.113 e. The van der Waals surface area contributed by atoms with Crippen LogP contribution in [0.4, 0.5) is 11.4 Å². The molecule has 0 N–H and O–H groups in total. The Hall–Kier alpha value is -2.75. The fraction of sp³-hybridized carbons (Fsp3) is 0.118. The van der Waals surface area contributed by atoms with Crippen molar-refractivity contribution in [1.29, 1.82) is 0 Å². The summed E-state index contributed by atoms with van der Waals surface area (Å²) < 4.78 is 2.18. The van der Waals surface area contributed by atoms with Gasteiger partial charge in [-0.15, -0.1) is 0 Å². The Kier molecular flexibility index (Phi) is 2.85. The van der Waals surface area contributed by atoms with Crippen molar-refractivity contribution < 1.29 is 0 Å². The summed E-state index contributed by atoms with van der Waals surface area (Å²) in [6, 6.07) is 16.5. The van der Waals surface area contributed by atoms with Gasteiger partial charge in [0.1, 0.15) is 5.82 Å². The molecule has 21 heavy (non-hydrogen) atoms. The van der Waals surface area contributed by atoms with E-state index in [9.17, 15) is 0 Å². The molecule has 0 saturated carbocycles. The van der Waals surface area contributed by atoms with Gasteiger partial charge in [0.2, 0.25) is 0 Å². The van der Waals surface area contributed by atoms with E-state index in [1.54, 1.807) is 0 Å². The molecule has 1 aliphatic rings. The molecule has 1 aromatic heterocycles. The lowest BCUT2D eigenvalue weighted by atomic mass is 10.1. The molecule has 0 amide bonds. The van der Waals surface area contributed by atoms with Gasteiger partial charge in [0.25, 0.3) is 0 Å². The molecule has 102 valence electrons. The molecule has 4 rings (SSSR count). The number of nitrogens with zero attached hydrogens (tertiary/aromatic N) is 4. The number of hydrogen-bond donors (Lipinski definition) is 0. The van der Waals surface area contributed by atoms with Gasteiger partial charge in [-0.1, -0.05) is 36.4 Å². The summed E-state index contributed by atoms with van der Waals surface area (Å²) in [4.78, 5) is 4.49. The molecular formula is C17H14N4. The highest BCUT2D eigenvalue weighted by molar-refractivity contribution is 5.59. The van der Waals surface area contributed by atoms with E-state index in [0.29, 0.717) is 0 Å². The summed E-state index contributed by atoms with van der Waals surface area (Å²) in [5, 5.41) is 8.27. The molecule has 4 nitrogen and oxygen atoms in total. The average molecular weight is 274 g/mol. The minimum atomic E-state index is 0.772. The summed E-state index contributed by atoms with van der Waals surface area (Å²) in [5.74, 6) is 1.05. The van der Waals surface area contributed by atoms with Crippen molar-refractivity contribution in [1.82, 2.24) is 9.55 Å². The van der Waals surface area contributed by atoms with Gasteiger partial charge in [0, 0.05) is 25.4 Å². The van der Waals surface area contributed by atoms with Gasteiger partial charge in [0.15, 0.2) is 0 Å². The zero-order valence-electron chi connectivity index (χ0n) is 11.5. The number of fused-ring (bicyclic) bond motifs is 2. The van der Waals surface area contributed by atoms with E-state index in [1.807, 2.05) is 30.6 Å². The fourth-order valence-electron chi connectivity index (χ4n) is 2.57. The van der Waals surface area contributed by atoms with Crippen LogP contribution < -0.4 is 0 Å². The number of imidazole rings is 1. The van der Waals surface area contributed by atoms with Crippen LogP contribution in [0.5, 0.6) is 0 Å². The van der Waals surface area contributed by atoms with E-state index in [0.717, 1.165) is 30.2 Å². The van der Waals surface area contributed by atoms with Crippen LogP contribution in [0.15, 0.2) is 71.2 Å². The second-order valence-corrected chi connectivity index (χ2v) is 5.15. The Bertz CT molecular complexity index is 803. The van der Waals surface area contributed by atoms with Gasteiger partial charge in [0.05, 0.1) is 11.4 Å². The van der Waals surface area contributed by atoms with Crippen LogP contribution in [0.3, 0.4) is 0 Å². The van der Waals surface area contributed by atoms with Crippen molar-refractivity contribution in [3.8, 4) is 0 Å². The number of hydrogen-bond acceptors (Lipinski definition) is 3. The van der Waals surface area contributed by atoms with Crippen molar-refractivity contribution in [2.75, 3.05) is 0 Å². The first kappa shape index (κ1) is 12.0. The van der Waals surface area contributed by atoms with E-state index in [1.165, 1.54) is 11.1 Å². The maximum atomic E-state index is 4.49. The Balaban J connectivity index is 1.60. The summed E-state index contributed by atoms with van der Waals surface area (Å²) in [7, 11) is 0. The first-order valence-electron chi connectivity index (χ1n) is 6.97. The molecule has 2 aromatic carbocycles. The third-order valence-corrected chi connectivity index (χ3v) is 3.69. The fourth-order valence-corrected chi connectivity index (χ4v) is 2.57. The molecule has 0 saturated heterocycles. The normalized spacial score (nSPS) is 12.0. The summed E-state index contributed by atoms with van der Waals surface area (Å²) in [5.41, 5.74) is 4.33.